The van der Waals surface area contributed by atoms with E-state index < -0.39 is 0 Å². The minimum absolute atomic E-state index is 0.252. The van der Waals surface area contributed by atoms with E-state index in [0.29, 0.717) is 22.2 Å². The van der Waals surface area contributed by atoms with Gasteiger partial charge in [0.15, 0.2) is 0 Å². The smallest absolute Gasteiger partial charge is 0.258 e. The summed E-state index contributed by atoms with van der Waals surface area (Å²) >= 11 is 6.11. The molecule has 4 rings (SSSR count). The summed E-state index contributed by atoms with van der Waals surface area (Å²) in [5.41, 5.74) is 3.02. The molecule has 6 nitrogen and oxygen atoms in total. The van der Waals surface area contributed by atoms with Crippen LogP contribution in [0.15, 0.2) is 60.9 Å². The Hall–Kier alpha value is -3.12. The van der Waals surface area contributed by atoms with Crippen LogP contribution in [-0.2, 0) is 0 Å². The predicted octanol–water partition coefficient (Wildman–Crippen LogP) is 4.73. The van der Waals surface area contributed by atoms with Gasteiger partial charge in [0.2, 0.25) is 5.95 Å². The number of anilines is 4. The topological polar surface area (TPSA) is 70.2 Å². The summed E-state index contributed by atoms with van der Waals surface area (Å²) in [5, 5.41) is 6.48. The molecule has 1 aliphatic heterocycles. The van der Waals surface area contributed by atoms with Crippen molar-refractivity contribution in [3.8, 4) is 0 Å². The first kappa shape index (κ1) is 18.3. The highest BCUT2D eigenvalue weighted by molar-refractivity contribution is 6.33. The average molecular weight is 394 g/mol. The molecule has 142 valence electrons. The van der Waals surface area contributed by atoms with E-state index in [1.165, 1.54) is 30.9 Å². The van der Waals surface area contributed by atoms with Crippen molar-refractivity contribution in [3.63, 3.8) is 0 Å². The van der Waals surface area contributed by atoms with Crippen LogP contribution in [-0.4, -0.2) is 29.0 Å². The highest BCUT2D eigenvalue weighted by Gasteiger charge is 2.13. The summed E-state index contributed by atoms with van der Waals surface area (Å²) in [7, 11) is 0. The molecule has 0 bridgehead atoms. The number of nitrogens with one attached hydrogen (secondary N) is 2. The molecule has 28 heavy (non-hydrogen) atoms. The average Bonchev–Trinajstić information content (AvgIpc) is 3.26. The monoisotopic (exact) mass is 393 g/mol. The number of nitrogens with zero attached hydrogens (tertiary/aromatic N) is 3. The van der Waals surface area contributed by atoms with Crippen molar-refractivity contribution in [2.24, 2.45) is 0 Å². The van der Waals surface area contributed by atoms with Gasteiger partial charge in [-0.25, -0.2) is 9.97 Å². The van der Waals surface area contributed by atoms with Gasteiger partial charge in [0.1, 0.15) is 0 Å². The van der Waals surface area contributed by atoms with Gasteiger partial charge in [-0.3, -0.25) is 4.79 Å². The van der Waals surface area contributed by atoms with E-state index in [4.69, 9.17) is 11.6 Å². The number of para-hydroxylation sites is 1. The van der Waals surface area contributed by atoms with E-state index in [1.807, 2.05) is 42.5 Å². The van der Waals surface area contributed by atoms with Crippen molar-refractivity contribution >= 4 is 40.5 Å². The van der Waals surface area contributed by atoms with E-state index in [2.05, 4.69) is 25.5 Å². The zero-order chi connectivity index (χ0) is 19.3. The molecule has 1 saturated heterocycles. The summed E-state index contributed by atoms with van der Waals surface area (Å²) in [4.78, 5) is 23.2. The lowest BCUT2D eigenvalue weighted by Crippen LogP contribution is -2.17. The van der Waals surface area contributed by atoms with Crippen molar-refractivity contribution in [1.82, 2.24) is 9.97 Å². The fourth-order valence-corrected chi connectivity index (χ4v) is 3.31. The maximum Gasteiger partial charge on any atom is 0.258 e. The molecule has 1 fully saturated rings. The number of hydrogen-bond acceptors (Lipinski definition) is 5. The largest absolute Gasteiger partial charge is 0.372 e. The van der Waals surface area contributed by atoms with Crippen LogP contribution >= 0.6 is 11.6 Å². The fourth-order valence-electron chi connectivity index (χ4n) is 3.13. The normalized spacial score (nSPS) is 13.4. The highest BCUT2D eigenvalue weighted by Crippen LogP contribution is 2.24. The lowest BCUT2D eigenvalue weighted by molar-refractivity contribution is 0.102. The van der Waals surface area contributed by atoms with Crippen LogP contribution in [0.2, 0.25) is 5.02 Å². The van der Waals surface area contributed by atoms with Crippen molar-refractivity contribution < 1.29 is 4.79 Å². The van der Waals surface area contributed by atoms with Crippen molar-refractivity contribution in [3.05, 3.63) is 71.5 Å². The molecule has 2 heterocycles. The maximum absolute atomic E-state index is 12.4. The Morgan fingerprint density at radius 1 is 0.964 bits per heavy atom. The number of amides is 1. The van der Waals surface area contributed by atoms with Crippen LogP contribution in [0.4, 0.5) is 23.0 Å². The quantitative estimate of drug-likeness (QED) is 0.656. The molecule has 0 saturated carbocycles. The molecule has 7 heteroatoms. The second kappa shape index (κ2) is 8.27. The first-order valence-electron chi connectivity index (χ1n) is 9.19. The Morgan fingerprint density at radius 2 is 1.64 bits per heavy atom. The molecule has 0 atom stereocenters. The van der Waals surface area contributed by atoms with Crippen LogP contribution < -0.4 is 15.5 Å². The number of carbonyl (C=O) groups excluding carboxylic acids is 1. The SMILES string of the molecule is O=C(Nc1ccc(N2CCCC2)cc1)c1cnc(Nc2ccccc2Cl)nc1. The first-order valence-corrected chi connectivity index (χ1v) is 9.57. The minimum Gasteiger partial charge on any atom is -0.372 e. The van der Waals surface area contributed by atoms with Crippen LogP contribution in [0.1, 0.15) is 23.2 Å². The van der Waals surface area contributed by atoms with E-state index >= 15 is 0 Å². The Balaban J connectivity index is 1.38. The third kappa shape index (κ3) is 4.23. The van der Waals surface area contributed by atoms with Gasteiger partial charge >= 0.3 is 0 Å². The Bertz CT molecular complexity index is 953. The van der Waals surface area contributed by atoms with Gasteiger partial charge in [-0.05, 0) is 49.2 Å². The molecule has 1 aliphatic rings. The van der Waals surface area contributed by atoms with E-state index in [9.17, 15) is 4.79 Å². The number of halogens is 1. The summed E-state index contributed by atoms with van der Waals surface area (Å²) < 4.78 is 0. The van der Waals surface area contributed by atoms with Crippen molar-refractivity contribution in [2.75, 3.05) is 28.6 Å². The molecule has 2 N–H and O–H groups in total. The van der Waals surface area contributed by atoms with Gasteiger partial charge in [-0.2, -0.15) is 0 Å². The third-order valence-corrected chi connectivity index (χ3v) is 4.96. The van der Waals surface area contributed by atoms with Gasteiger partial charge in [0.05, 0.1) is 16.3 Å². The first-order chi connectivity index (χ1) is 13.7. The van der Waals surface area contributed by atoms with Gasteiger partial charge in [0, 0.05) is 36.9 Å². The van der Waals surface area contributed by atoms with Crippen molar-refractivity contribution in [2.45, 2.75) is 12.8 Å². The van der Waals surface area contributed by atoms with Crippen LogP contribution in [0.5, 0.6) is 0 Å². The summed E-state index contributed by atoms with van der Waals surface area (Å²) in [6, 6.07) is 15.2. The fraction of sp³-hybridized carbons (Fsp3) is 0.190. The molecule has 2 aromatic carbocycles. The third-order valence-electron chi connectivity index (χ3n) is 4.63. The molecule has 0 unspecified atom stereocenters. The summed E-state index contributed by atoms with van der Waals surface area (Å²) in [6.45, 7) is 2.19. The number of hydrogen-bond donors (Lipinski definition) is 2. The Labute approximate surface area is 168 Å². The lowest BCUT2D eigenvalue weighted by Gasteiger charge is -2.17. The summed E-state index contributed by atoms with van der Waals surface area (Å²) in [6.07, 6.45) is 5.44. The minimum atomic E-state index is -0.252. The molecule has 3 aromatic rings. The zero-order valence-electron chi connectivity index (χ0n) is 15.2. The Kier molecular flexibility index (Phi) is 5.39. The zero-order valence-corrected chi connectivity index (χ0v) is 16.0. The molecule has 1 amide bonds. The molecular weight excluding hydrogens is 374 g/mol. The number of rotatable bonds is 5. The number of aromatic nitrogens is 2. The maximum atomic E-state index is 12.4. The van der Waals surface area contributed by atoms with Crippen LogP contribution in [0.3, 0.4) is 0 Å². The molecular formula is C21H20ClN5O. The van der Waals surface area contributed by atoms with E-state index in [1.54, 1.807) is 6.07 Å². The van der Waals surface area contributed by atoms with E-state index in [-0.39, 0.29) is 5.91 Å². The second-order valence-corrected chi connectivity index (χ2v) is 7.00. The van der Waals surface area contributed by atoms with Gasteiger partial charge in [0.25, 0.3) is 5.91 Å². The van der Waals surface area contributed by atoms with Gasteiger partial charge in [-0.15, -0.1) is 0 Å². The predicted molar refractivity (Wildman–Crippen MR) is 113 cm³/mol. The van der Waals surface area contributed by atoms with Gasteiger partial charge in [-0.1, -0.05) is 23.7 Å². The molecule has 0 radical (unpaired) electrons. The molecule has 0 spiro atoms. The molecule has 0 aliphatic carbocycles. The summed E-state index contributed by atoms with van der Waals surface area (Å²) in [5.74, 6) is 0.123. The van der Waals surface area contributed by atoms with Crippen LogP contribution in [0, 0.1) is 0 Å². The van der Waals surface area contributed by atoms with Crippen LogP contribution in [0.25, 0.3) is 0 Å². The molecule has 1 aromatic heterocycles. The Morgan fingerprint density at radius 3 is 2.32 bits per heavy atom. The highest BCUT2D eigenvalue weighted by atomic mass is 35.5. The number of carbonyl (C=O) groups is 1. The van der Waals surface area contributed by atoms with E-state index in [0.717, 1.165) is 18.8 Å². The lowest BCUT2D eigenvalue weighted by atomic mass is 10.2. The number of benzene rings is 2. The van der Waals surface area contributed by atoms with Gasteiger partial charge < -0.3 is 15.5 Å². The standard InChI is InChI=1S/C21H20ClN5O/c22-18-5-1-2-6-19(18)26-21-23-13-15(14-24-21)20(28)25-16-7-9-17(10-8-16)27-11-3-4-12-27/h1-2,5-10,13-14H,3-4,11-12H2,(H,25,28)(H,23,24,26). The second-order valence-electron chi connectivity index (χ2n) is 6.60. The van der Waals surface area contributed by atoms with Crippen molar-refractivity contribution in [1.29, 1.82) is 0 Å².